The van der Waals surface area contributed by atoms with Crippen molar-refractivity contribution < 1.29 is 8.42 Å². The van der Waals surface area contributed by atoms with Crippen LogP contribution in [-0.2, 0) is 16.6 Å². The van der Waals surface area contributed by atoms with E-state index in [-0.39, 0.29) is 17.3 Å². The Hall–Kier alpha value is -1.92. The summed E-state index contributed by atoms with van der Waals surface area (Å²) in [5, 5.41) is 0. The Morgan fingerprint density at radius 2 is 1.86 bits per heavy atom. The van der Waals surface area contributed by atoms with Gasteiger partial charge in [0.2, 0.25) is 10.0 Å². The summed E-state index contributed by atoms with van der Waals surface area (Å²) in [5.74, 6) is 0.450. The first-order valence-electron chi connectivity index (χ1n) is 6.69. The normalized spacial score (nSPS) is 11.8. The number of nitrogens with one attached hydrogen (secondary N) is 1. The van der Waals surface area contributed by atoms with Crippen molar-refractivity contribution in [2.75, 3.05) is 5.73 Å². The SMILES string of the molecule is CC(C)c1ccc(CNS(=O)(=O)c2cccnc2N)cc1. The number of nitrogens with zero attached hydrogens (tertiary/aromatic N) is 1. The molecule has 1 aromatic carbocycles. The minimum absolute atomic E-state index is 0.000144. The van der Waals surface area contributed by atoms with E-state index in [1.807, 2.05) is 24.3 Å². The molecule has 0 aliphatic rings. The average Bonchev–Trinajstić information content (AvgIpc) is 2.46. The van der Waals surface area contributed by atoms with Gasteiger partial charge in [-0.05, 0) is 29.2 Å². The lowest BCUT2D eigenvalue weighted by Gasteiger charge is -2.10. The highest BCUT2D eigenvalue weighted by atomic mass is 32.2. The molecule has 0 radical (unpaired) electrons. The number of pyridine rings is 1. The monoisotopic (exact) mass is 305 g/mol. The van der Waals surface area contributed by atoms with E-state index in [1.165, 1.54) is 17.8 Å². The van der Waals surface area contributed by atoms with E-state index in [1.54, 1.807) is 6.07 Å². The number of hydrogen-bond donors (Lipinski definition) is 2. The Morgan fingerprint density at radius 3 is 2.43 bits per heavy atom. The highest BCUT2D eigenvalue weighted by Gasteiger charge is 2.17. The lowest BCUT2D eigenvalue weighted by atomic mass is 10.0. The standard InChI is InChI=1S/C15H19N3O2S/c1-11(2)13-7-5-12(6-8-13)10-18-21(19,20)14-4-3-9-17-15(14)16/h3-9,11,18H,10H2,1-2H3,(H2,16,17). The molecule has 0 aliphatic carbocycles. The summed E-state index contributed by atoms with van der Waals surface area (Å²) in [6.45, 7) is 4.45. The molecular formula is C15H19N3O2S. The van der Waals surface area contributed by atoms with Gasteiger partial charge in [0, 0.05) is 12.7 Å². The Morgan fingerprint density at radius 1 is 1.19 bits per heavy atom. The van der Waals surface area contributed by atoms with E-state index in [0.717, 1.165) is 5.56 Å². The van der Waals surface area contributed by atoms with Crippen molar-refractivity contribution in [1.29, 1.82) is 0 Å². The molecule has 2 aromatic rings. The number of sulfonamides is 1. The van der Waals surface area contributed by atoms with Crippen molar-refractivity contribution in [3.63, 3.8) is 0 Å². The quantitative estimate of drug-likeness (QED) is 0.887. The molecular weight excluding hydrogens is 286 g/mol. The van der Waals surface area contributed by atoms with Crippen LogP contribution in [0.2, 0.25) is 0 Å². The number of nitrogens with two attached hydrogens (primary N) is 1. The van der Waals surface area contributed by atoms with Crippen LogP contribution in [0.4, 0.5) is 5.82 Å². The first-order valence-corrected chi connectivity index (χ1v) is 8.17. The molecule has 0 atom stereocenters. The van der Waals surface area contributed by atoms with Crippen LogP contribution < -0.4 is 10.5 Å². The van der Waals surface area contributed by atoms with Gasteiger partial charge < -0.3 is 5.73 Å². The van der Waals surface area contributed by atoms with Crippen LogP contribution in [-0.4, -0.2) is 13.4 Å². The van der Waals surface area contributed by atoms with Crippen LogP contribution >= 0.6 is 0 Å². The highest BCUT2D eigenvalue weighted by molar-refractivity contribution is 7.89. The second kappa shape index (κ2) is 6.24. The second-order valence-corrected chi connectivity index (χ2v) is 6.84. The second-order valence-electron chi connectivity index (χ2n) is 5.11. The lowest BCUT2D eigenvalue weighted by Crippen LogP contribution is -2.24. The van der Waals surface area contributed by atoms with Crippen LogP contribution in [0.5, 0.6) is 0 Å². The lowest BCUT2D eigenvalue weighted by molar-refractivity contribution is 0.581. The molecule has 0 bridgehead atoms. The number of rotatable bonds is 5. The third-order valence-corrected chi connectivity index (χ3v) is 4.65. The summed E-state index contributed by atoms with van der Waals surface area (Å²) < 4.78 is 26.9. The van der Waals surface area contributed by atoms with Gasteiger partial charge in [-0.25, -0.2) is 18.1 Å². The minimum Gasteiger partial charge on any atom is -0.383 e. The third kappa shape index (κ3) is 3.80. The van der Waals surface area contributed by atoms with Crippen molar-refractivity contribution in [3.05, 3.63) is 53.7 Å². The maximum atomic E-state index is 12.2. The molecule has 0 amide bonds. The van der Waals surface area contributed by atoms with Crippen molar-refractivity contribution in [3.8, 4) is 0 Å². The molecule has 5 nitrogen and oxygen atoms in total. The first-order chi connectivity index (χ1) is 9.90. The summed E-state index contributed by atoms with van der Waals surface area (Å²) in [6, 6.07) is 10.8. The van der Waals surface area contributed by atoms with Crippen LogP contribution in [0.1, 0.15) is 30.9 Å². The summed E-state index contributed by atoms with van der Waals surface area (Å²) >= 11 is 0. The summed E-state index contributed by atoms with van der Waals surface area (Å²) in [5.41, 5.74) is 7.71. The zero-order chi connectivity index (χ0) is 15.5. The molecule has 112 valence electrons. The molecule has 0 aliphatic heterocycles. The van der Waals surface area contributed by atoms with Gasteiger partial charge in [-0.1, -0.05) is 38.1 Å². The number of benzene rings is 1. The van der Waals surface area contributed by atoms with Crippen LogP contribution in [0, 0.1) is 0 Å². The first kappa shape index (κ1) is 15.5. The number of anilines is 1. The fourth-order valence-electron chi connectivity index (χ4n) is 1.91. The van der Waals surface area contributed by atoms with Gasteiger partial charge in [0.1, 0.15) is 10.7 Å². The van der Waals surface area contributed by atoms with E-state index in [9.17, 15) is 8.42 Å². The maximum absolute atomic E-state index is 12.2. The molecule has 3 N–H and O–H groups in total. The van der Waals surface area contributed by atoms with Gasteiger partial charge in [0.05, 0.1) is 0 Å². The fourth-order valence-corrected chi connectivity index (χ4v) is 3.00. The molecule has 1 heterocycles. The predicted octanol–water partition coefficient (Wildman–Crippen LogP) is 2.27. The molecule has 6 heteroatoms. The topological polar surface area (TPSA) is 85.1 Å². The van der Waals surface area contributed by atoms with Gasteiger partial charge in [-0.3, -0.25) is 0 Å². The largest absolute Gasteiger partial charge is 0.383 e. The maximum Gasteiger partial charge on any atom is 0.244 e. The van der Waals surface area contributed by atoms with E-state index in [0.29, 0.717) is 5.92 Å². The van der Waals surface area contributed by atoms with E-state index in [4.69, 9.17) is 5.73 Å². The molecule has 21 heavy (non-hydrogen) atoms. The number of nitrogen functional groups attached to an aromatic ring is 1. The van der Waals surface area contributed by atoms with E-state index >= 15 is 0 Å². The number of aromatic nitrogens is 1. The minimum atomic E-state index is -3.65. The smallest absolute Gasteiger partial charge is 0.244 e. The Balaban J connectivity index is 2.10. The van der Waals surface area contributed by atoms with Crippen molar-refractivity contribution in [1.82, 2.24) is 9.71 Å². The average molecular weight is 305 g/mol. The van der Waals surface area contributed by atoms with Crippen molar-refractivity contribution in [2.45, 2.75) is 31.2 Å². The Labute approximate surface area is 125 Å². The van der Waals surface area contributed by atoms with E-state index in [2.05, 4.69) is 23.6 Å². The summed E-state index contributed by atoms with van der Waals surface area (Å²) in [4.78, 5) is 3.79. The fraction of sp³-hybridized carbons (Fsp3) is 0.267. The van der Waals surface area contributed by atoms with Crippen LogP contribution in [0.25, 0.3) is 0 Å². The molecule has 1 aromatic heterocycles. The van der Waals surface area contributed by atoms with Gasteiger partial charge in [0.15, 0.2) is 0 Å². The van der Waals surface area contributed by atoms with Gasteiger partial charge >= 0.3 is 0 Å². The molecule has 2 rings (SSSR count). The van der Waals surface area contributed by atoms with Crippen LogP contribution in [0.15, 0.2) is 47.5 Å². The molecule has 0 spiro atoms. The molecule has 0 fully saturated rings. The Kier molecular flexibility index (Phi) is 4.59. The van der Waals surface area contributed by atoms with Gasteiger partial charge in [0.25, 0.3) is 0 Å². The number of hydrogen-bond acceptors (Lipinski definition) is 4. The highest BCUT2D eigenvalue weighted by Crippen LogP contribution is 2.17. The van der Waals surface area contributed by atoms with Crippen molar-refractivity contribution >= 4 is 15.8 Å². The Bertz CT molecular complexity index is 710. The van der Waals surface area contributed by atoms with Crippen LogP contribution in [0.3, 0.4) is 0 Å². The molecule has 0 saturated heterocycles. The third-order valence-electron chi connectivity index (χ3n) is 3.20. The zero-order valence-electron chi connectivity index (χ0n) is 12.1. The van der Waals surface area contributed by atoms with E-state index < -0.39 is 10.0 Å². The zero-order valence-corrected chi connectivity index (χ0v) is 12.9. The van der Waals surface area contributed by atoms with Crippen molar-refractivity contribution in [2.24, 2.45) is 0 Å². The summed E-state index contributed by atoms with van der Waals surface area (Å²) in [6.07, 6.45) is 1.46. The predicted molar refractivity (Wildman–Crippen MR) is 83.2 cm³/mol. The van der Waals surface area contributed by atoms with Gasteiger partial charge in [-0.15, -0.1) is 0 Å². The molecule has 0 unspecified atom stereocenters. The van der Waals surface area contributed by atoms with Gasteiger partial charge in [-0.2, -0.15) is 0 Å². The summed E-state index contributed by atoms with van der Waals surface area (Å²) in [7, 11) is -3.65. The molecule has 0 saturated carbocycles.